The predicted molar refractivity (Wildman–Crippen MR) is 188 cm³/mol. The van der Waals surface area contributed by atoms with Crippen LogP contribution in [0.1, 0.15) is 52.7 Å². The van der Waals surface area contributed by atoms with E-state index in [1.165, 1.54) is 17.0 Å². The lowest BCUT2D eigenvalue weighted by atomic mass is 9.51. The van der Waals surface area contributed by atoms with E-state index in [0.29, 0.717) is 27.9 Å². The summed E-state index contributed by atoms with van der Waals surface area (Å²) in [6.45, 7) is 3.50. The molecule has 2 aliphatic carbocycles. The summed E-state index contributed by atoms with van der Waals surface area (Å²) in [5.41, 5.74) is 2.20. The minimum absolute atomic E-state index is 0.0746. The van der Waals surface area contributed by atoms with E-state index in [9.17, 15) is 33.5 Å². The molecule has 2 saturated heterocycles. The Hall–Kier alpha value is -5.41. The van der Waals surface area contributed by atoms with Gasteiger partial charge in [0, 0.05) is 17.0 Å². The first-order chi connectivity index (χ1) is 24.4. The second-order valence-corrected chi connectivity index (χ2v) is 14.5. The highest BCUT2D eigenvalue weighted by Gasteiger charge is 2.67. The number of anilines is 2. The molecule has 4 amide bonds. The van der Waals surface area contributed by atoms with Gasteiger partial charge in [-0.3, -0.25) is 28.9 Å². The first-order valence-electron chi connectivity index (χ1n) is 16.8. The number of halogens is 2. The van der Waals surface area contributed by atoms with Gasteiger partial charge in [-0.25, -0.2) is 9.29 Å². The molecule has 6 atom stereocenters. The molecule has 4 aliphatic rings. The second-order valence-electron chi connectivity index (χ2n) is 14.1. The molecule has 2 heterocycles. The standard InChI is InChI=1S/C41H32ClFN2O6/c1-21-18-24(10-17-33(21)46)35-27-14-15-28-34(29(27)20-30-38(49)45(40(51)41(30,35)2)26-13-16-32(43)31(42)19-26)39(50)44(37(28)48)25-11-8-23(9-12-25)36(47)22-6-4-3-5-7-22/h3-14,16-19,28-30,34-35,46H,15,20H2,1-2H3. The van der Waals surface area contributed by atoms with E-state index in [1.54, 1.807) is 80.6 Å². The van der Waals surface area contributed by atoms with Crippen LogP contribution in [0.25, 0.3) is 0 Å². The summed E-state index contributed by atoms with van der Waals surface area (Å²) in [5, 5.41) is 10.2. The molecular formula is C41H32ClFN2O6. The molecule has 0 spiro atoms. The number of ketones is 1. The van der Waals surface area contributed by atoms with E-state index in [0.717, 1.165) is 16.5 Å². The van der Waals surface area contributed by atoms with Crippen molar-refractivity contribution in [1.29, 1.82) is 0 Å². The highest BCUT2D eigenvalue weighted by atomic mass is 35.5. The van der Waals surface area contributed by atoms with Gasteiger partial charge in [0.05, 0.1) is 39.6 Å². The van der Waals surface area contributed by atoms with Crippen molar-refractivity contribution in [2.45, 2.75) is 32.6 Å². The molecule has 4 aromatic carbocycles. The van der Waals surface area contributed by atoms with Crippen LogP contribution in [0.4, 0.5) is 15.8 Å². The number of amides is 4. The summed E-state index contributed by atoms with van der Waals surface area (Å²) in [4.78, 5) is 72.6. The van der Waals surface area contributed by atoms with E-state index < -0.39 is 58.5 Å². The zero-order valence-corrected chi connectivity index (χ0v) is 28.4. The molecule has 3 fully saturated rings. The number of carbonyl (C=O) groups is 5. The van der Waals surface area contributed by atoms with Crippen LogP contribution in [0.3, 0.4) is 0 Å². The van der Waals surface area contributed by atoms with Gasteiger partial charge in [-0.15, -0.1) is 0 Å². The Labute approximate surface area is 298 Å². The third-order valence-corrected chi connectivity index (χ3v) is 11.7. The van der Waals surface area contributed by atoms with Crippen LogP contribution in [0.5, 0.6) is 5.75 Å². The molecule has 10 heteroatoms. The Bertz CT molecular complexity index is 2220. The minimum atomic E-state index is -1.30. The summed E-state index contributed by atoms with van der Waals surface area (Å²) >= 11 is 6.09. The van der Waals surface area contributed by atoms with Crippen molar-refractivity contribution in [3.8, 4) is 5.75 Å². The highest BCUT2D eigenvalue weighted by Crippen LogP contribution is 2.64. The zero-order valence-electron chi connectivity index (χ0n) is 27.7. The first-order valence-corrected chi connectivity index (χ1v) is 17.2. The number of carbonyl (C=O) groups excluding carboxylic acids is 5. The summed E-state index contributed by atoms with van der Waals surface area (Å²) in [5.74, 6) is -6.07. The highest BCUT2D eigenvalue weighted by molar-refractivity contribution is 6.32. The Morgan fingerprint density at radius 2 is 1.51 bits per heavy atom. The number of allylic oxidation sites excluding steroid dienone is 2. The van der Waals surface area contributed by atoms with Gasteiger partial charge in [0.2, 0.25) is 23.6 Å². The summed E-state index contributed by atoms with van der Waals surface area (Å²) in [7, 11) is 0. The van der Waals surface area contributed by atoms with Gasteiger partial charge in [0.15, 0.2) is 5.78 Å². The number of hydrogen-bond donors (Lipinski definition) is 1. The Kier molecular flexibility index (Phi) is 7.61. The lowest BCUT2D eigenvalue weighted by Crippen LogP contribution is -2.48. The van der Waals surface area contributed by atoms with Gasteiger partial charge in [0.25, 0.3) is 0 Å². The summed E-state index contributed by atoms with van der Waals surface area (Å²) in [6.07, 6.45) is 2.35. The molecule has 6 unspecified atom stereocenters. The molecular weight excluding hydrogens is 671 g/mol. The third kappa shape index (κ3) is 4.82. The first kappa shape index (κ1) is 32.8. The van der Waals surface area contributed by atoms with Crippen molar-refractivity contribution in [3.05, 3.63) is 136 Å². The SMILES string of the molecule is Cc1cc(C2C3=CCC4C(=O)N(c5ccc(C(=O)c6ccccc6)cc5)C(=O)C4C3CC3C(=O)N(c4ccc(F)c(Cl)c4)C(=O)C32C)ccc1O. The number of nitrogens with zero attached hydrogens (tertiary/aromatic N) is 2. The fourth-order valence-corrected chi connectivity index (χ4v) is 9.07. The predicted octanol–water partition coefficient (Wildman–Crippen LogP) is 7.16. The van der Waals surface area contributed by atoms with Crippen LogP contribution in [0, 0.1) is 41.8 Å². The van der Waals surface area contributed by atoms with Crippen LogP contribution in [-0.4, -0.2) is 34.5 Å². The smallest absolute Gasteiger partial charge is 0.241 e. The number of rotatable bonds is 5. The fraction of sp³-hybridized carbons (Fsp3) is 0.244. The molecule has 2 aliphatic heterocycles. The van der Waals surface area contributed by atoms with Crippen LogP contribution >= 0.6 is 11.6 Å². The van der Waals surface area contributed by atoms with E-state index in [-0.39, 0.29) is 41.0 Å². The maximum Gasteiger partial charge on any atom is 0.241 e. The maximum absolute atomic E-state index is 14.6. The number of aromatic hydroxyl groups is 1. The van der Waals surface area contributed by atoms with Crippen LogP contribution < -0.4 is 9.80 Å². The minimum Gasteiger partial charge on any atom is -0.508 e. The molecule has 8 nitrogen and oxygen atoms in total. The van der Waals surface area contributed by atoms with E-state index in [2.05, 4.69) is 0 Å². The van der Waals surface area contributed by atoms with Gasteiger partial charge in [-0.05, 0) is 92.3 Å². The molecule has 256 valence electrons. The van der Waals surface area contributed by atoms with Crippen molar-refractivity contribution >= 4 is 52.4 Å². The zero-order chi connectivity index (χ0) is 35.9. The van der Waals surface area contributed by atoms with E-state index in [4.69, 9.17) is 11.6 Å². The van der Waals surface area contributed by atoms with E-state index >= 15 is 0 Å². The van der Waals surface area contributed by atoms with Gasteiger partial charge >= 0.3 is 0 Å². The van der Waals surface area contributed by atoms with Crippen molar-refractivity contribution < 1.29 is 33.5 Å². The quantitative estimate of drug-likeness (QED) is 0.134. The summed E-state index contributed by atoms with van der Waals surface area (Å²) < 4.78 is 14.2. The molecule has 4 aromatic rings. The molecule has 51 heavy (non-hydrogen) atoms. The molecule has 8 rings (SSSR count). The van der Waals surface area contributed by atoms with Crippen LogP contribution in [0.2, 0.25) is 5.02 Å². The lowest BCUT2D eigenvalue weighted by molar-refractivity contribution is -0.131. The summed E-state index contributed by atoms with van der Waals surface area (Å²) in [6, 6.07) is 24.0. The average molecular weight is 703 g/mol. The normalized spacial score (nSPS) is 26.9. The number of aryl methyl sites for hydroxylation is 1. The van der Waals surface area contributed by atoms with Crippen molar-refractivity contribution in [2.75, 3.05) is 9.80 Å². The van der Waals surface area contributed by atoms with E-state index in [1.807, 2.05) is 12.1 Å². The Morgan fingerprint density at radius 3 is 2.20 bits per heavy atom. The molecule has 0 bridgehead atoms. The van der Waals surface area contributed by atoms with Gasteiger partial charge in [-0.2, -0.15) is 0 Å². The maximum atomic E-state index is 14.6. The fourth-order valence-electron chi connectivity index (χ4n) is 8.90. The Morgan fingerprint density at radius 1 is 0.824 bits per heavy atom. The molecule has 0 aromatic heterocycles. The van der Waals surface area contributed by atoms with Crippen molar-refractivity contribution in [3.63, 3.8) is 0 Å². The number of imide groups is 2. The number of fused-ring (bicyclic) bond motifs is 4. The van der Waals surface area contributed by atoms with Gasteiger partial charge in [-0.1, -0.05) is 65.7 Å². The monoisotopic (exact) mass is 702 g/mol. The number of hydrogen-bond acceptors (Lipinski definition) is 6. The third-order valence-electron chi connectivity index (χ3n) is 11.4. The lowest BCUT2D eigenvalue weighted by Gasteiger charge is -2.49. The van der Waals surface area contributed by atoms with Crippen molar-refractivity contribution in [1.82, 2.24) is 0 Å². The largest absolute Gasteiger partial charge is 0.508 e. The number of phenols is 1. The second kappa shape index (κ2) is 11.8. The van der Waals surface area contributed by atoms with Gasteiger partial charge < -0.3 is 5.11 Å². The van der Waals surface area contributed by atoms with Crippen molar-refractivity contribution in [2.24, 2.45) is 29.1 Å². The van der Waals surface area contributed by atoms with Gasteiger partial charge in [0.1, 0.15) is 11.6 Å². The Balaban J connectivity index is 1.18. The van der Waals surface area contributed by atoms with Crippen LogP contribution in [0.15, 0.2) is 103 Å². The molecule has 1 N–H and O–H groups in total. The molecule has 1 saturated carbocycles. The average Bonchev–Trinajstić information content (AvgIpc) is 3.50. The topological polar surface area (TPSA) is 112 Å². The molecule has 0 radical (unpaired) electrons. The van der Waals surface area contributed by atoms with Crippen LogP contribution in [-0.2, 0) is 19.2 Å². The number of phenolic OH excluding ortho intramolecular Hbond substituents is 1. The number of benzene rings is 4.